The summed E-state index contributed by atoms with van der Waals surface area (Å²) in [4.78, 5) is 24.7. The molecule has 0 saturated carbocycles. The van der Waals surface area contributed by atoms with E-state index in [1.54, 1.807) is 17.9 Å². The highest BCUT2D eigenvalue weighted by molar-refractivity contribution is 5.78. The van der Waals surface area contributed by atoms with Gasteiger partial charge in [0.2, 0.25) is 0 Å². The summed E-state index contributed by atoms with van der Waals surface area (Å²) in [6.45, 7) is 5.96. The highest BCUT2D eigenvalue weighted by Gasteiger charge is 2.18. The summed E-state index contributed by atoms with van der Waals surface area (Å²) >= 11 is 0. The Morgan fingerprint density at radius 1 is 1.20 bits per heavy atom. The van der Waals surface area contributed by atoms with Gasteiger partial charge in [0.05, 0.1) is 4.92 Å². The predicted molar refractivity (Wildman–Crippen MR) is 95.5 cm³/mol. The van der Waals surface area contributed by atoms with Crippen molar-refractivity contribution in [1.82, 2.24) is 4.90 Å². The van der Waals surface area contributed by atoms with Gasteiger partial charge in [-0.3, -0.25) is 14.9 Å². The quantitative estimate of drug-likeness (QED) is 0.568. The number of nitrogens with zero attached hydrogens (tertiary/aromatic N) is 2. The molecule has 0 atom stereocenters. The topological polar surface area (TPSA) is 72.7 Å². The summed E-state index contributed by atoms with van der Waals surface area (Å²) in [7, 11) is 0. The van der Waals surface area contributed by atoms with E-state index in [2.05, 4.69) is 0 Å². The normalized spacial score (nSPS) is 10.6. The summed E-state index contributed by atoms with van der Waals surface area (Å²) in [6.07, 6.45) is 0. The third-order valence-electron chi connectivity index (χ3n) is 3.87. The molecule has 132 valence electrons. The van der Waals surface area contributed by atoms with Gasteiger partial charge in [-0.25, -0.2) is 0 Å². The van der Waals surface area contributed by atoms with Crippen molar-refractivity contribution < 1.29 is 14.5 Å². The number of carbonyl (C=O) groups is 1. The number of hydrogen-bond donors (Lipinski definition) is 0. The summed E-state index contributed by atoms with van der Waals surface area (Å²) in [5.74, 6) is 0.315. The van der Waals surface area contributed by atoms with Gasteiger partial charge in [0, 0.05) is 24.2 Å². The number of nitro benzene ring substituents is 1. The van der Waals surface area contributed by atoms with Crippen LogP contribution in [-0.2, 0) is 11.3 Å². The van der Waals surface area contributed by atoms with Gasteiger partial charge < -0.3 is 9.64 Å². The van der Waals surface area contributed by atoms with E-state index in [1.807, 2.05) is 44.2 Å². The van der Waals surface area contributed by atoms with Crippen LogP contribution in [0, 0.1) is 17.0 Å². The fourth-order valence-electron chi connectivity index (χ4n) is 2.49. The number of amides is 1. The summed E-state index contributed by atoms with van der Waals surface area (Å²) in [6, 6.07) is 14.3. The molecule has 0 aliphatic heterocycles. The Labute approximate surface area is 147 Å². The molecule has 0 saturated heterocycles. The van der Waals surface area contributed by atoms with Crippen molar-refractivity contribution in [3.05, 3.63) is 69.8 Å². The van der Waals surface area contributed by atoms with Crippen LogP contribution in [-0.4, -0.2) is 28.4 Å². The molecule has 0 aliphatic carbocycles. The van der Waals surface area contributed by atoms with Crippen molar-refractivity contribution in [2.75, 3.05) is 6.61 Å². The minimum Gasteiger partial charge on any atom is -0.484 e. The Hall–Kier alpha value is -2.89. The van der Waals surface area contributed by atoms with Crippen molar-refractivity contribution in [3.8, 4) is 5.75 Å². The Bertz CT molecular complexity index is 744. The van der Waals surface area contributed by atoms with Crippen LogP contribution in [0.25, 0.3) is 0 Å². The number of ether oxygens (including phenoxy) is 1. The van der Waals surface area contributed by atoms with Crippen LogP contribution in [0.3, 0.4) is 0 Å². The van der Waals surface area contributed by atoms with Crippen molar-refractivity contribution in [1.29, 1.82) is 0 Å². The third kappa shape index (κ3) is 5.04. The highest BCUT2D eigenvalue weighted by Crippen LogP contribution is 2.23. The minimum atomic E-state index is -0.440. The van der Waals surface area contributed by atoms with Crippen LogP contribution in [0.5, 0.6) is 5.75 Å². The molecule has 0 heterocycles. The summed E-state index contributed by atoms with van der Waals surface area (Å²) in [5.41, 5.74) is 1.59. The Morgan fingerprint density at radius 3 is 2.44 bits per heavy atom. The first kappa shape index (κ1) is 18.4. The first-order valence-electron chi connectivity index (χ1n) is 8.09. The first-order valence-corrected chi connectivity index (χ1v) is 8.09. The molecule has 0 radical (unpaired) electrons. The van der Waals surface area contributed by atoms with Crippen LogP contribution >= 0.6 is 0 Å². The molecule has 0 unspecified atom stereocenters. The summed E-state index contributed by atoms with van der Waals surface area (Å²) in [5, 5.41) is 10.8. The molecule has 0 fully saturated rings. The average molecular weight is 342 g/mol. The van der Waals surface area contributed by atoms with E-state index < -0.39 is 4.92 Å². The fourth-order valence-corrected chi connectivity index (χ4v) is 2.49. The zero-order chi connectivity index (χ0) is 18.4. The Morgan fingerprint density at radius 2 is 1.88 bits per heavy atom. The standard InChI is InChI=1S/C19H22N2O4/c1-14(2)20(12-16-7-5-4-6-8-16)19(22)13-25-17-9-10-18(21(23)24)15(3)11-17/h4-11,14H,12-13H2,1-3H3. The van der Waals surface area contributed by atoms with Crippen LogP contribution in [0.15, 0.2) is 48.5 Å². The maximum Gasteiger partial charge on any atom is 0.272 e. The van der Waals surface area contributed by atoms with Crippen molar-refractivity contribution >= 4 is 11.6 Å². The predicted octanol–water partition coefficient (Wildman–Crippen LogP) is 3.72. The molecule has 6 heteroatoms. The molecule has 2 aromatic carbocycles. The molecule has 0 spiro atoms. The Balaban J connectivity index is 2.01. The number of hydrogen-bond acceptors (Lipinski definition) is 4. The molecular weight excluding hydrogens is 320 g/mol. The van der Waals surface area contributed by atoms with Crippen molar-refractivity contribution in [2.45, 2.75) is 33.4 Å². The maximum absolute atomic E-state index is 12.5. The molecule has 0 aliphatic rings. The van der Waals surface area contributed by atoms with E-state index in [9.17, 15) is 14.9 Å². The fraction of sp³-hybridized carbons (Fsp3) is 0.316. The van der Waals surface area contributed by atoms with E-state index in [4.69, 9.17) is 4.74 Å². The number of aryl methyl sites for hydroxylation is 1. The van der Waals surface area contributed by atoms with Gasteiger partial charge in [0.15, 0.2) is 6.61 Å². The van der Waals surface area contributed by atoms with Crippen molar-refractivity contribution in [3.63, 3.8) is 0 Å². The van der Waals surface area contributed by atoms with Gasteiger partial charge >= 0.3 is 0 Å². The van der Waals surface area contributed by atoms with Gasteiger partial charge in [0.1, 0.15) is 5.75 Å². The maximum atomic E-state index is 12.5. The molecule has 1 amide bonds. The molecule has 0 aromatic heterocycles. The number of nitro groups is 1. The van der Waals surface area contributed by atoms with Gasteiger partial charge in [-0.1, -0.05) is 30.3 Å². The second kappa shape index (κ2) is 8.28. The smallest absolute Gasteiger partial charge is 0.272 e. The lowest BCUT2D eigenvalue weighted by Gasteiger charge is -2.27. The van der Waals surface area contributed by atoms with Crippen LogP contribution in [0.4, 0.5) is 5.69 Å². The number of benzene rings is 2. The minimum absolute atomic E-state index is 0.0339. The third-order valence-corrected chi connectivity index (χ3v) is 3.87. The molecule has 0 bridgehead atoms. The monoisotopic (exact) mass is 342 g/mol. The van der Waals surface area contributed by atoms with Gasteiger partial charge in [-0.05, 0) is 38.5 Å². The lowest BCUT2D eigenvalue weighted by Crippen LogP contribution is -2.39. The summed E-state index contributed by atoms with van der Waals surface area (Å²) < 4.78 is 5.54. The molecule has 0 N–H and O–H groups in total. The van der Waals surface area contributed by atoms with E-state index in [0.29, 0.717) is 17.9 Å². The van der Waals surface area contributed by atoms with Gasteiger partial charge in [-0.2, -0.15) is 0 Å². The van der Waals surface area contributed by atoms with Gasteiger partial charge in [-0.15, -0.1) is 0 Å². The molecular formula is C19H22N2O4. The lowest BCUT2D eigenvalue weighted by atomic mass is 10.2. The zero-order valence-electron chi connectivity index (χ0n) is 14.6. The molecule has 2 aromatic rings. The highest BCUT2D eigenvalue weighted by atomic mass is 16.6. The van der Waals surface area contributed by atoms with Gasteiger partial charge in [0.25, 0.3) is 11.6 Å². The number of rotatable bonds is 7. The van der Waals surface area contributed by atoms with Crippen molar-refractivity contribution in [2.24, 2.45) is 0 Å². The molecule has 6 nitrogen and oxygen atoms in total. The van der Waals surface area contributed by atoms with Crippen LogP contribution < -0.4 is 4.74 Å². The molecule has 25 heavy (non-hydrogen) atoms. The van der Waals surface area contributed by atoms with E-state index >= 15 is 0 Å². The lowest BCUT2D eigenvalue weighted by molar-refractivity contribution is -0.385. The van der Waals surface area contributed by atoms with E-state index in [0.717, 1.165) is 5.56 Å². The number of carbonyl (C=O) groups excluding carboxylic acids is 1. The SMILES string of the molecule is Cc1cc(OCC(=O)N(Cc2ccccc2)C(C)C)ccc1[N+](=O)[O-]. The largest absolute Gasteiger partial charge is 0.484 e. The second-order valence-electron chi connectivity index (χ2n) is 6.10. The van der Waals surface area contributed by atoms with E-state index in [-0.39, 0.29) is 24.2 Å². The average Bonchev–Trinajstić information content (AvgIpc) is 2.58. The second-order valence-corrected chi connectivity index (χ2v) is 6.10. The molecule has 2 rings (SSSR count). The van der Waals surface area contributed by atoms with E-state index in [1.165, 1.54) is 12.1 Å². The zero-order valence-corrected chi connectivity index (χ0v) is 14.6. The van der Waals surface area contributed by atoms with Crippen LogP contribution in [0.1, 0.15) is 25.0 Å². The first-order chi connectivity index (χ1) is 11.9. The Kier molecular flexibility index (Phi) is 6.11. The van der Waals surface area contributed by atoms with Crippen LogP contribution in [0.2, 0.25) is 0 Å².